The first-order valence-corrected chi connectivity index (χ1v) is 8.64. The Kier molecular flexibility index (Phi) is 7.12. The second-order valence-electron chi connectivity index (χ2n) is 6.23. The Balaban J connectivity index is 1.96. The van der Waals surface area contributed by atoms with Crippen molar-refractivity contribution in [1.82, 2.24) is 0 Å². The second kappa shape index (κ2) is 9.53. The topological polar surface area (TPSA) is 52.6 Å². The summed E-state index contributed by atoms with van der Waals surface area (Å²) in [6.07, 6.45) is 6.09. The van der Waals surface area contributed by atoms with Gasteiger partial charge in [-0.1, -0.05) is 36.4 Å². The zero-order valence-corrected chi connectivity index (χ0v) is 16.1. The van der Waals surface area contributed by atoms with Crippen molar-refractivity contribution >= 4 is 23.7 Å². The number of ketones is 2. The minimum atomic E-state index is -0.250. The number of hydrogen-bond acceptors (Lipinski definition) is 4. The van der Waals surface area contributed by atoms with E-state index in [-0.39, 0.29) is 18.0 Å². The van der Waals surface area contributed by atoms with Crippen LogP contribution in [0, 0.1) is 13.8 Å². The normalized spacial score (nSPS) is 11.1. The Morgan fingerprint density at radius 1 is 0.778 bits per heavy atom. The molecule has 4 nitrogen and oxygen atoms in total. The van der Waals surface area contributed by atoms with Gasteiger partial charge in [0.15, 0.2) is 23.1 Å². The lowest BCUT2D eigenvalue weighted by molar-refractivity contribution is -0.121. The lowest BCUT2D eigenvalue weighted by atomic mass is 10.1. The van der Waals surface area contributed by atoms with Gasteiger partial charge >= 0.3 is 0 Å². The highest BCUT2D eigenvalue weighted by Gasteiger charge is 2.06. The van der Waals surface area contributed by atoms with Gasteiger partial charge in [0.1, 0.15) is 0 Å². The minimum Gasteiger partial charge on any atom is -0.493 e. The molecule has 140 valence electrons. The van der Waals surface area contributed by atoms with Crippen molar-refractivity contribution in [2.45, 2.75) is 20.3 Å². The van der Waals surface area contributed by atoms with Gasteiger partial charge < -0.3 is 9.47 Å². The number of carbonyl (C=O) groups excluding carboxylic acids is 2. The molecule has 0 spiro atoms. The molecule has 0 unspecified atom stereocenters. The summed E-state index contributed by atoms with van der Waals surface area (Å²) in [6.45, 7) is 4.06. The van der Waals surface area contributed by atoms with E-state index in [0.29, 0.717) is 11.5 Å². The predicted molar refractivity (Wildman–Crippen MR) is 108 cm³/mol. The average Bonchev–Trinajstić information content (AvgIpc) is 2.67. The van der Waals surface area contributed by atoms with Crippen LogP contribution in [0.2, 0.25) is 0 Å². The molecule has 0 bridgehead atoms. The molecular weight excluding hydrogens is 340 g/mol. The van der Waals surface area contributed by atoms with Crippen LogP contribution < -0.4 is 9.47 Å². The molecule has 2 rings (SSSR count). The largest absolute Gasteiger partial charge is 0.493 e. The zero-order valence-electron chi connectivity index (χ0n) is 16.1. The first kappa shape index (κ1) is 20.2. The third kappa shape index (κ3) is 5.96. The van der Waals surface area contributed by atoms with Gasteiger partial charge in [0, 0.05) is 0 Å². The quantitative estimate of drug-likeness (QED) is 0.508. The summed E-state index contributed by atoms with van der Waals surface area (Å²) in [4.78, 5) is 24.0. The Labute approximate surface area is 160 Å². The molecule has 0 radical (unpaired) electrons. The summed E-state index contributed by atoms with van der Waals surface area (Å²) in [7, 11) is 3.12. The maximum Gasteiger partial charge on any atom is 0.163 e. The average molecular weight is 364 g/mol. The van der Waals surface area contributed by atoms with Crippen LogP contribution in [0.15, 0.2) is 48.6 Å². The lowest BCUT2D eigenvalue weighted by Gasteiger charge is -2.07. The predicted octanol–water partition coefficient (Wildman–Crippen LogP) is 4.58. The fraction of sp³-hybridized carbons (Fsp3) is 0.217. The van der Waals surface area contributed by atoms with Crippen molar-refractivity contribution < 1.29 is 19.1 Å². The van der Waals surface area contributed by atoms with Crippen LogP contribution in [0.5, 0.6) is 11.5 Å². The van der Waals surface area contributed by atoms with Crippen molar-refractivity contribution in [3.05, 3.63) is 70.8 Å². The molecule has 0 atom stereocenters. The highest BCUT2D eigenvalue weighted by atomic mass is 16.5. The molecule has 0 aliphatic rings. The van der Waals surface area contributed by atoms with Gasteiger partial charge in [-0.2, -0.15) is 0 Å². The van der Waals surface area contributed by atoms with E-state index in [0.717, 1.165) is 11.1 Å². The summed E-state index contributed by atoms with van der Waals surface area (Å²) >= 11 is 0. The number of methoxy groups -OCH3 is 2. The number of carbonyl (C=O) groups is 2. The number of hydrogen-bond donors (Lipinski definition) is 0. The summed E-state index contributed by atoms with van der Waals surface area (Å²) in [5, 5.41) is 0. The van der Waals surface area contributed by atoms with Gasteiger partial charge in [0.05, 0.1) is 20.6 Å². The molecule has 4 heteroatoms. The smallest absolute Gasteiger partial charge is 0.163 e. The van der Waals surface area contributed by atoms with Gasteiger partial charge in [-0.15, -0.1) is 0 Å². The van der Waals surface area contributed by atoms with Crippen molar-refractivity contribution in [3.8, 4) is 11.5 Å². The van der Waals surface area contributed by atoms with Gasteiger partial charge in [-0.05, 0) is 60.4 Å². The van der Waals surface area contributed by atoms with Crippen molar-refractivity contribution in [2.24, 2.45) is 0 Å². The summed E-state index contributed by atoms with van der Waals surface area (Å²) < 4.78 is 10.4. The summed E-state index contributed by atoms with van der Waals surface area (Å²) in [6, 6.07) is 11.3. The first-order chi connectivity index (χ1) is 12.9. The Bertz CT molecular complexity index is 891. The van der Waals surface area contributed by atoms with E-state index >= 15 is 0 Å². The molecule has 2 aromatic carbocycles. The van der Waals surface area contributed by atoms with E-state index in [1.54, 1.807) is 38.5 Å². The van der Waals surface area contributed by atoms with Crippen LogP contribution in [0.4, 0.5) is 0 Å². The molecule has 0 saturated heterocycles. The maximum absolute atomic E-state index is 12.0. The molecule has 0 N–H and O–H groups in total. The van der Waals surface area contributed by atoms with E-state index in [9.17, 15) is 9.59 Å². The van der Waals surface area contributed by atoms with Crippen LogP contribution in [-0.2, 0) is 9.59 Å². The SMILES string of the molecule is COc1ccc(/C=C/C(=O)CC(=O)/C=C/c2ccc(C)c(C)c2)cc1OC. The maximum atomic E-state index is 12.0. The van der Waals surface area contributed by atoms with E-state index in [4.69, 9.17) is 9.47 Å². The molecule has 2 aromatic rings. The molecule has 0 aliphatic heterocycles. The van der Waals surface area contributed by atoms with Gasteiger partial charge in [-0.3, -0.25) is 9.59 Å². The van der Waals surface area contributed by atoms with Crippen LogP contribution in [0.1, 0.15) is 28.7 Å². The molecule has 0 aromatic heterocycles. The number of ether oxygens (including phenoxy) is 2. The zero-order chi connectivity index (χ0) is 19.8. The van der Waals surface area contributed by atoms with Gasteiger partial charge in [0.2, 0.25) is 0 Å². The summed E-state index contributed by atoms with van der Waals surface area (Å²) in [5.74, 6) is 0.724. The highest BCUT2D eigenvalue weighted by molar-refractivity contribution is 6.10. The fourth-order valence-corrected chi connectivity index (χ4v) is 2.49. The Morgan fingerprint density at radius 2 is 1.33 bits per heavy atom. The number of rotatable bonds is 8. The van der Waals surface area contributed by atoms with E-state index < -0.39 is 0 Å². The van der Waals surface area contributed by atoms with E-state index in [1.807, 2.05) is 38.1 Å². The van der Waals surface area contributed by atoms with E-state index in [2.05, 4.69) is 0 Å². The Hall–Kier alpha value is -3.14. The molecule has 0 saturated carbocycles. The van der Waals surface area contributed by atoms with Crippen LogP contribution in [-0.4, -0.2) is 25.8 Å². The number of aryl methyl sites for hydroxylation is 2. The summed E-state index contributed by atoms with van der Waals surface area (Å²) in [5.41, 5.74) is 4.10. The third-order valence-corrected chi connectivity index (χ3v) is 4.21. The molecule has 0 fully saturated rings. The molecular formula is C23H24O4. The van der Waals surface area contributed by atoms with Gasteiger partial charge in [-0.25, -0.2) is 0 Å². The molecule has 0 heterocycles. The monoisotopic (exact) mass is 364 g/mol. The lowest BCUT2D eigenvalue weighted by Crippen LogP contribution is -2.02. The second-order valence-corrected chi connectivity index (χ2v) is 6.23. The van der Waals surface area contributed by atoms with Crippen molar-refractivity contribution in [3.63, 3.8) is 0 Å². The van der Waals surface area contributed by atoms with Gasteiger partial charge in [0.25, 0.3) is 0 Å². The minimum absolute atomic E-state index is 0.162. The first-order valence-electron chi connectivity index (χ1n) is 8.64. The third-order valence-electron chi connectivity index (χ3n) is 4.21. The highest BCUT2D eigenvalue weighted by Crippen LogP contribution is 2.27. The van der Waals surface area contributed by atoms with Crippen LogP contribution in [0.25, 0.3) is 12.2 Å². The Morgan fingerprint density at radius 3 is 1.89 bits per heavy atom. The fourth-order valence-electron chi connectivity index (χ4n) is 2.49. The van der Waals surface area contributed by atoms with Crippen molar-refractivity contribution in [1.29, 1.82) is 0 Å². The van der Waals surface area contributed by atoms with Crippen molar-refractivity contribution in [2.75, 3.05) is 14.2 Å². The standard InChI is InChI=1S/C23H24O4/c1-16-5-6-18(13-17(16)2)7-10-20(24)15-21(25)11-8-19-9-12-22(26-3)23(14-19)27-4/h5-14H,15H2,1-4H3/b10-7+,11-8+. The number of allylic oxidation sites excluding steroid dienone is 2. The molecule has 27 heavy (non-hydrogen) atoms. The van der Waals surface area contributed by atoms with Crippen LogP contribution >= 0.6 is 0 Å². The van der Waals surface area contributed by atoms with Crippen LogP contribution in [0.3, 0.4) is 0 Å². The number of benzene rings is 2. The molecule has 0 amide bonds. The molecule has 0 aliphatic carbocycles. The van der Waals surface area contributed by atoms with E-state index in [1.165, 1.54) is 23.3 Å².